The Bertz CT molecular complexity index is 1440. The minimum Gasteiger partial charge on any atom is -0.394 e. The maximum absolute atomic E-state index is 12.4. The third-order valence-electron chi connectivity index (χ3n) is 13.2. The molecule has 0 radical (unpaired) electrons. The number of allylic oxidation sites excluding steroid dienone is 5. The number of hydrogen-bond donors (Lipinski definition) is 12. The molecule has 3 saturated heterocycles. The molecule has 3 heterocycles. The van der Waals surface area contributed by atoms with E-state index in [2.05, 4.69) is 36.5 Å². The molecule has 408 valence electrons. The molecular weight excluding hydrogens is 915 g/mol. The minimum absolute atomic E-state index is 0.112. The van der Waals surface area contributed by atoms with Crippen LogP contribution in [0.25, 0.3) is 0 Å². The summed E-state index contributed by atoms with van der Waals surface area (Å²) in [6.45, 7) is 1.09. The largest absolute Gasteiger partial charge is 0.394 e. The lowest BCUT2D eigenvalue weighted by atomic mass is 9.96. The van der Waals surface area contributed by atoms with Crippen LogP contribution in [0.4, 0.5) is 0 Å². The molecule has 12 N–H and O–H groups in total. The molecule has 17 atom stereocenters. The quantitative estimate of drug-likeness (QED) is 0.0316. The number of amides is 1. The van der Waals surface area contributed by atoms with Gasteiger partial charge in [0.2, 0.25) is 5.91 Å². The Morgan fingerprint density at radius 3 is 1.37 bits per heavy atom. The Labute approximate surface area is 415 Å². The number of rotatable bonds is 36. The third kappa shape index (κ3) is 21.5. The second kappa shape index (κ2) is 36.0. The number of ether oxygens (including phenoxy) is 6. The van der Waals surface area contributed by atoms with E-state index in [1.807, 2.05) is 0 Å². The van der Waals surface area contributed by atoms with Crippen LogP contribution in [0.2, 0.25) is 0 Å². The van der Waals surface area contributed by atoms with E-state index in [-0.39, 0.29) is 18.9 Å². The SMILES string of the molecule is CCCCCCCCCCCCCCCCC/C=C/CC/C=C/CC/C=C/C(O)C(COC1OC(CO)C(OC2OC(CO)C(OC3OC(CO)C(O)C(O)C3O)C(O)C2O)C(O)C1O)NC(=O)CC. The van der Waals surface area contributed by atoms with Gasteiger partial charge in [-0.2, -0.15) is 0 Å². The summed E-state index contributed by atoms with van der Waals surface area (Å²) in [4.78, 5) is 12.4. The second-order valence-corrected chi connectivity index (χ2v) is 18.9. The van der Waals surface area contributed by atoms with Crippen molar-refractivity contribution >= 4 is 5.91 Å². The highest BCUT2D eigenvalue weighted by molar-refractivity contribution is 5.75. The molecule has 17 unspecified atom stereocenters. The molecule has 3 fully saturated rings. The van der Waals surface area contributed by atoms with Crippen LogP contribution in [0.5, 0.6) is 0 Å². The first-order valence-corrected chi connectivity index (χ1v) is 26.2. The number of carbonyl (C=O) groups excluding carboxylic acids is 1. The molecule has 0 aromatic heterocycles. The summed E-state index contributed by atoms with van der Waals surface area (Å²) in [6, 6.07) is -0.990. The van der Waals surface area contributed by atoms with Crippen molar-refractivity contribution in [2.45, 2.75) is 253 Å². The normalized spacial score (nSPS) is 32.8. The Hall–Kier alpha value is -1.99. The van der Waals surface area contributed by atoms with E-state index in [4.69, 9.17) is 28.4 Å². The van der Waals surface area contributed by atoms with Gasteiger partial charge in [-0.3, -0.25) is 4.79 Å². The van der Waals surface area contributed by atoms with E-state index in [9.17, 15) is 61.0 Å². The average molecular weight is 1010 g/mol. The monoisotopic (exact) mass is 1010 g/mol. The van der Waals surface area contributed by atoms with Crippen molar-refractivity contribution in [3.63, 3.8) is 0 Å². The van der Waals surface area contributed by atoms with Gasteiger partial charge in [-0.1, -0.05) is 140 Å². The molecule has 0 aromatic carbocycles. The van der Waals surface area contributed by atoms with Crippen molar-refractivity contribution in [3.05, 3.63) is 36.5 Å². The molecule has 70 heavy (non-hydrogen) atoms. The van der Waals surface area contributed by atoms with Gasteiger partial charge in [0, 0.05) is 6.42 Å². The number of aliphatic hydroxyl groups excluding tert-OH is 11. The topological polar surface area (TPSA) is 307 Å². The minimum atomic E-state index is -1.98. The van der Waals surface area contributed by atoms with Crippen LogP contribution >= 0.6 is 0 Å². The molecule has 0 spiro atoms. The summed E-state index contributed by atoms with van der Waals surface area (Å²) in [5.74, 6) is -0.380. The third-order valence-corrected chi connectivity index (χ3v) is 13.2. The van der Waals surface area contributed by atoms with Gasteiger partial charge in [0.25, 0.3) is 0 Å². The van der Waals surface area contributed by atoms with Gasteiger partial charge in [0.05, 0.1) is 38.6 Å². The standard InChI is InChI=1S/C51H91NO18/c1-3-5-6-7-8-9-10-11-12-13-14-15-16-17-18-19-20-21-22-23-24-25-26-27-28-29-35(56)34(52-39(57)4-2)33-65-49-45(63)42(60)47(37(31-54)67-49)70-51-46(64)43(61)48(38(32-55)68-51)69-50-44(62)41(59)40(58)36(30-53)66-50/h20-21,24-25,28-29,34-38,40-51,53-56,58-64H,3-19,22-23,26-27,30-33H2,1-2H3,(H,52,57)/b21-20+,25-24+,29-28+. The van der Waals surface area contributed by atoms with Crippen molar-refractivity contribution in [3.8, 4) is 0 Å². The Balaban J connectivity index is 1.37. The van der Waals surface area contributed by atoms with E-state index in [0.717, 1.165) is 25.7 Å². The highest BCUT2D eigenvalue weighted by atomic mass is 16.8. The summed E-state index contributed by atoms with van der Waals surface area (Å²) in [6.07, 6.45) is 10.2. The van der Waals surface area contributed by atoms with Crippen LogP contribution in [-0.2, 0) is 33.2 Å². The molecule has 1 amide bonds. The molecular formula is C51H91NO18. The fourth-order valence-corrected chi connectivity index (χ4v) is 8.77. The predicted octanol–water partition coefficient (Wildman–Crippen LogP) is 2.20. The summed E-state index contributed by atoms with van der Waals surface area (Å²) >= 11 is 0. The smallest absolute Gasteiger partial charge is 0.220 e. The van der Waals surface area contributed by atoms with Crippen molar-refractivity contribution in [1.29, 1.82) is 0 Å². The van der Waals surface area contributed by atoms with Crippen LogP contribution in [0.1, 0.15) is 149 Å². The number of aliphatic hydroxyl groups is 11. The van der Waals surface area contributed by atoms with Gasteiger partial charge in [0.1, 0.15) is 73.2 Å². The van der Waals surface area contributed by atoms with Crippen molar-refractivity contribution in [1.82, 2.24) is 5.32 Å². The molecule has 0 aromatic rings. The number of carbonyl (C=O) groups is 1. The highest BCUT2D eigenvalue weighted by Gasteiger charge is 2.53. The summed E-state index contributed by atoms with van der Waals surface area (Å²) < 4.78 is 33.7. The maximum atomic E-state index is 12.4. The van der Waals surface area contributed by atoms with Gasteiger partial charge in [-0.05, 0) is 38.5 Å². The molecule has 19 nitrogen and oxygen atoms in total. The van der Waals surface area contributed by atoms with Crippen LogP contribution < -0.4 is 5.32 Å². The van der Waals surface area contributed by atoms with E-state index >= 15 is 0 Å². The number of nitrogens with one attached hydrogen (secondary N) is 1. The molecule has 3 aliphatic heterocycles. The van der Waals surface area contributed by atoms with Gasteiger partial charge >= 0.3 is 0 Å². The average Bonchev–Trinajstić information content (AvgIpc) is 3.36. The predicted molar refractivity (Wildman–Crippen MR) is 259 cm³/mol. The van der Waals surface area contributed by atoms with Crippen LogP contribution in [-0.4, -0.2) is 193 Å². The first kappa shape index (κ1) is 62.3. The van der Waals surface area contributed by atoms with Crippen LogP contribution in [0, 0.1) is 0 Å². The number of hydrogen-bond acceptors (Lipinski definition) is 18. The zero-order valence-electron chi connectivity index (χ0n) is 41.7. The molecule has 0 saturated carbocycles. The zero-order chi connectivity index (χ0) is 51.3. The van der Waals surface area contributed by atoms with Crippen LogP contribution in [0.3, 0.4) is 0 Å². The van der Waals surface area contributed by atoms with Crippen molar-refractivity contribution in [2.24, 2.45) is 0 Å². The summed E-state index contributed by atoms with van der Waals surface area (Å²) in [7, 11) is 0. The molecule has 3 rings (SSSR count). The molecule has 3 aliphatic rings. The zero-order valence-corrected chi connectivity index (χ0v) is 41.7. The molecule has 19 heteroatoms. The lowest BCUT2D eigenvalue weighted by Crippen LogP contribution is -2.66. The van der Waals surface area contributed by atoms with E-state index in [1.165, 1.54) is 102 Å². The summed E-state index contributed by atoms with van der Waals surface area (Å²) in [5.41, 5.74) is 0. The Morgan fingerprint density at radius 1 is 0.500 bits per heavy atom. The lowest BCUT2D eigenvalue weighted by Gasteiger charge is -2.48. The Kier molecular flexibility index (Phi) is 32.1. The second-order valence-electron chi connectivity index (χ2n) is 18.9. The van der Waals surface area contributed by atoms with Crippen molar-refractivity contribution in [2.75, 3.05) is 26.4 Å². The first-order chi connectivity index (χ1) is 33.8. The van der Waals surface area contributed by atoms with Gasteiger partial charge in [-0.25, -0.2) is 0 Å². The lowest BCUT2D eigenvalue weighted by molar-refractivity contribution is -0.379. The van der Waals surface area contributed by atoms with Crippen LogP contribution in [0.15, 0.2) is 36.5 Å². The fraction of sp³-hybridized carbons (Fsp3) is 0.863. The number of unbranched alkanes of at least 4 members (excludes halogenated alkanes) is 17. The fourth-order valence-electron chi connectivity index (χ4n) is 8.77. The van der Waals surface area contributed by atoms with Gasteiger partial charge in [-0.15, -0.1) is 0 Å². The Morgan fingerprint density at radius 2 is 0.900 bits per heavy atom. The van der Waals surface area contributed by atoms with E-state index in [1.54, 1.807) is 13.0 Å². The van der Waals surface area contributed by atoms with E-state index in [0.29, 0.717) is 6.42 Å². The first-order valence-electron chi connectivity index (χ1n) is 26.2. The molecule has 0 aliphatic carbocycles. The summed E-state index contributed by atoms with van der Waals surface area (Å²) in [5, 5.41) is 118. The highest BCUT2D eigenvalue weighted by Crippen LogP contribution is 2.33. The maximum Gasteiger partial charge on any atom is 0.220 e. The van der Waals surface area contributed by atoms with Crippen molar-refractivity contribution < 1.29 is 89.4 Å². The molecule has 0 bridgehead atoms. The van der Waals surface area contributed by atoms with E-state index < -0.39 is 124 Å². The van der Waals surface area contributed by atoms with Gasteiger partial charge in [0.15, 0.2) is 18.9 Å². The van der Waals surface area contributed by atoms with Gasteiger partial charge < -0.3 is 89.9 Å².